The molecule has 0 aliphatic rings. The summed E-state index contributed by atoms with van der Waals surface area (Å²) >= 11 is 5.73. The lowest BCUT2D eigenvalue weighted by atomic mass is 10.2. The quantitative estimate of drug-likeness (QED) is 0.639. The Morgan fingerprint density at radius 2 is 1.70 bits per heavy atom. The summed E-state index contributed by atoms with van der Waals surface area (Å²) in [5.74, 6) is 1.10. The maximum Gasteiger partial charge on any atom is 0.276 e. The first-order valence-electron chi connectivity index (χ1n) is 6.49. The van der Waals surface area contributed by atoms with Crippen molar-refractivity contribution in [1.82, 2.24) is 4.83 Å². The standard InChI is InChI=1S/C15H15ClN2O4S/c1-21-14-8-3-11(9-15(14)22-2)10-17-18-23(19,20)13-6-4-12(16)5-7-13/h3-10,18H,1-2H3/b17-10-. The van der Waals surface area contributed by atoms with E-state index in [0.717, 1.165) is 0 Å². The summed E-state index contributed by atoms with van der Waals surface area (Å²) in [6, 6.07) is 10.9. The van der Waals surface area contributed by atoms with Crippen LogP contribution in [0.1, 0.15) is 5.56 Å². The van der Waals surface area contributed by atoms with Crippen molar-refractivity contribution in [3.8, 4) is 11.5 Å². The number of ether oxygens (including phenoxy) is 2. The predicted molar refractivity (Wildman–Crippen MR) is 88.9 cm³/mol. The van der Waals surface area contributed by atoms with E-state index in [1.165, 1.54) is 44.7 Å². The van der Waals surface area contributed by atoms with E-state index in [2.05, 4.69) is 9.93 Å². The first kappa shape index (κ1) is 17.1. The van der Waals surface area contributed by atoms with Gasteiger partial charge in [0.05, 0.1) is 25.3 Å². The fraction of sp³-hybridized carbons (Fsp3) is 0.133. The Kier molecular flexibility index (Phi) is 5.46. The van der Waals surface area contributed by atoms with Gasteiger partial charge in [0.1, 0.15) is 0 Å². The molecule has 0 aromatic heterocycles. The number of nitrogens with zero attached hydrogens (tertiary/aromatic N) is 1. The van der Waals surface area contributed by atoms with Crippen molar-refractivity contribution in [1.29, 1.82) is 0 Å². The van der Waals surface area contributed by atoms with Gasteiger partial charge in [0.25, 0.3) is 10.0 Å². The van der Waals surface area contributed by atoms with E-state index in [1.807, 2.05) is 0 Å². The van der Waals surface area contributed by atoms with Gasteiger partial charge in [-0.3, -0.25) is 0 Å². The Morgan fingerprint density at radius 1 is 1.04 bits per heavy atom. The van der Waals surface area contributed by atoms with Crippen molar-refractivity contribution in [2.75, 3.05) is 14.2 Å². The molecule has 8 heteroatoms. The number of hydrogen-bond donors (Lipinski definition) is 1. The van der Waals surface area contributed by atoms with Crippen molar-refractivity contribution >= 4 is 27.8 Å². The maximum atomic E-state index is 12.0. The zero-order chi connectivity index (χ0) is 16.9. The summed E-state index contributed by atoms with van der Waals surface area (Å²) in [6.45, 7) is 0. The van der Waals surface area contributed by atoms with Crippen LogP contribution >= 0.6 is 11.6 Å². The minimum Gasteiger partial charge on any atom is -0.493 e. The van der Waals surface area contributed by atoms with Gasteiger partial charge in [0.15, 0.2) is 11.5 Å². The molecule has 0 saturated carbocycles. The largest absolute Gasteiger partial charge is 0.493 e. The van der Waals surface area contributed by atoms with Gasteiger partial charge in [-0.15, -0.1) is 0 Å². The summed E-state index contributed by atoms with van der Waals surface area (Å²) < 4.78 is 34.4. The van der Waals surface area contributed by atoms with E-state index < -0.39 is 10.0 Å². The highest BCUT2D eigenvalue weighted by atomic mass is 35.5. The van der Waals surface area contributed by atoms with Gasteiger partial charge in [-0.25, -0.2) is 4.83 Å². The van der Waals surface area contributed by atoms with Gasteiger partial charge in [0, 0.05) is 5.02 Å². The average Bonchev–Trinajstić information content (AvgIpc) is 2.55. The highest BCUT2D eigenvalue weighted by Gasteiger charge is 2.12. The maximum absolute atomic E-state index is 12.0. The van der Waals surface area contributed by atoms with Crippen molar-refractivity contribution in [3.05, 3.63) is 53.1 Å². The molecule has 2 rings (SSSR count). The lowest BCUT2D eigenvalue weighted by Crippen LogP contribution is -2.18. The Morgan fingerprint density at radius 3 is 2.30 bits per heavy atom. The lowest BCUT2D eigenvalue weighted by Gasteiger charge is -2.07. The van der Waals surface area contributed by atoms with Crippen LogP contribution in [0.25, 0.3) is 0 Å². The molecule has 2 aromatic carbocycles. The van der Waals surface area contributed by atoms with E-state index in [1.54, 1.807) is 18.2 Å². The number of benzene rings is 2. The van der Waals surface area contributed by atoms with E-state index >= 15 is 0 Å². The first-order valence-corrected chi connectivity index (χ1v) is 8.35. The molecule has 0 aliphatic carbocycles. The van der Waals surface area contributed by atoms with E-state index in [9.17, 15) is 8.42 Å². The topological polar surface area (TPSA) is 77.0 Å². The molecule has 122 valence electrons. The predicted octanol–water partition coefficient (Wildman–Crippen LogP) is 2.67. The molecule has 0 bridgehead atoms. The number of methoxy groups -OCH3 is 2. The summed E-state index contributed by atoms with van der Waals surface area (Å²) in [5.41, 5.74) is 0.654. The molecule has 23 heavy (non-hydrogen) atoms. The first-order chi connectivity index (χ1) is 11.0. The zero-order valence-electron chi connectivity index (χ0n) is 12.5. The Labute approximate surface area is 139 Å². The summed E-state index contributed by atoms with van der Waals surface area (Å²) in [4.78, 5) is 2.21. The molecule has 0 saturated heterocycles. The molecule has 2 aromatic rings. The molecule has 0 heterocycles. The Bertz CT molecular complexity index is 805. The van der Waals surface area contributed by atoms with Crippen LogP contribution in [0, 0.1) is 0 Å². The fourth-order valence-electron chi connectivity index (χ4n) is 1.77. The normalized spacial score (nSPS) is 11.4. The van der Waals surface area contributed by atoms with Gasteiger partial charge in [0.2, 0.25) is 0 Å². The molecule has 0 atom stereocenters. The third-order valence-corrected chi connectivity index (χ3v) is 4.41. The molecule has 0 amide bonds. The van der Waals surface area contributed by atoms with Gasteiger partial charge in [-0.05, 0) is 48.0 Å². The smallest absolute Gasteiger partial charge is 0.276 e. The van der Waals surface area contributed by atoms with Crippen LogP contribution in [0.15, 0.2) is 52.5 Å². The van der Waals surface area contributed by atoms with Crippen molar-refractivity contribution in [3.63, 3.8) is 0 Å². The van der Waals surface area contributed by atoms with Crippen LogP contribution in [0.2, 0.25) is 5.02 Å². The van der Waals surface area contributed by atoms with Crippen LogP contribution in [0.4, 0.5) is 0 Å². The number of sulfonamides is 1. The van der Waals surface area contributed by atoms with Crippen LogP contribution in [0.5, 0.6) is 11.5 Å². The molecule has 1 N–H and O–H groups in total. The van der Waals surface area contributed by atoms with E-state index in [0.29, 0.717) is 22.1 Å². The lowest BCUT2D eigenvalue weighted by molar-refractivity contribution is 0.355. The van der Waals surface area contributed by atoms with Gasteiger partial charge >= 0.3 is 0 Å². The third kappa shape index (κ3) is 4.37. The molecular formula is C15H15ClN2O4S. The number of rotatable bonds is 6. The second-order valence-corrected chi connectivity index (χ2v) is 6.52. The van der Waals surface area contributed by atoms with Crippen LogP contribution in [-0.2, 0) is 10.0 Å². The van der Waals surface area contributed by atoms with Crippen LogP contribution in [0.3, 0.4) is 0 Å². The molecular weight excluding hydrogens is 340 g/mol. The Hall–Kier alpha value is -2.25. The number of halogens is 1. The molecule has 6 nitrogen and oxygen atoms in total. The van der Waals surface area contributed by atoms with Crippen LogP contribution < -0.4 is 14.3 Å². The van der Waals surface area contributed by atoms with Crippen molar-refractivity contribution in [2.24, 2.45) is 5.10 Å². The monoisotopic (exact) mass is 354 g/mol. The fourth-order valence-corrected chi connectivity index (χ4v) is 2.69. The van der Waals surface area contributed by atoms with E-state index in [4.69, 9.17) is 21.1 Å². The second-order valence-electron chi connectivity index (χ2n) is 4.42. The number of nitrogens with one attached hydrogen (secondary N) is 1. The molecule has 0 fully saturated rings. The molecule has 0 aliphatic heterocycles. The molecule has 0 unspecified atom stereocenters. The van der Waals surface area contributed by atoms with Crippen molar-refractivity contribution in [2.45, 2.75) is 4.90 Å². The summed E-state index contributed by atoms with van der Waals surface area (Å²) in [7, 11) is -0.689. The molecule has 0 radical (unpaired) electrons. The van der Waals surface area contributed by atoms with Crippen molar-refractivity contribution < 1.29 is 17.9 Å². The van der Waals surface area contributed by atoms with Gasteiger partial charge in [-0.1, -0.05) is 11.6 Å². The van der Waals surface area contributed by atoms with Crippen LogP contribution in [-0.4, -0.2) is 28.9 Å². The SMILES string of the molecule is COc1ccc(/C=N\NS(=O)(=O)c2ccc(Cl)cc2)cc1OC. The highest BCUT2D eigenvalue weighted by molar-refractivity contribution is 7.89. The average molecular weight is 355 g/mol. The zero-order valence-corrected chi connectivity index (χ0v) is 14.1. The van der Waals surface area contributed by atoms with Gasteiger partial charge in [-0.2, -0.15) is 13.5 Å². The Balaban J connectivity index is 2.13. The minimum absolute atomic E-state index is 0.0753. The van der Waals surface area contributed by atoms with Gasteiger partial charge < -0.3 is 9.47 Å². The molecule has 0 spiro atoms. The second kappa shape index (κ2) is 7.34. The summed E-state index contributed by atoms with van der Waals surface area (Å²) in [5, 5.41) is 4.21. The van der Waals surface area contributed by atoms with E-state index in [-0.39, 0.29) is 4.90 Å². The highest BCUT2D eigenvalue weighted by Crippen LogP contribution is 2.26. The number of hydrogen-bond acceptors (Lipinski definition) is 5. The summed E-state index contributed by atoms with van der Waals surface area (Å²) in [6.07, 6.45) is 1.37. The third-order valence-electron chi connectivity index (χ3n) is 2.92. The minimum atomic E-state index is -3.74. The number of hydrazone groups is 1.